The molecule has 1 aliphatic carbocycles. The summed E-state index contributed by atoms with van der Waals surface area (Å²) in [6, 6.07) is 10.3. The minimum Gasteiger partial charge on any atom is -0.504 e. The molecule has 0 bridgehead atoms. The van der Waals surface area contributed by atoms with Gasteiger partial charge in [-0.1, -0.05) is 18.2 Å². The molecule has 0 saturated carbocycles. The summed E-state index contributed by atoms with van der Waals surface area (Å²) in [7, 11) is 2.08. The van der Waals surface area contributed by atoms with Gasteiger partial charge in [-0.15, -0.1) is 12.4 Å². The zero-order chi connectivity index (χ0) is 17.1. The maximum atomic E-state index is 13.2. The maximum absolute atomic E-state index is 13.2. The second-order valence-electron chi connectivity index (χ2n) is 6.73. The lowest BCUT2D eigenvalue weighted by atomic mass is 9.82. The van der Waals surface area contributed by atoms with Crippen LogP contribution in [0.5, 0.6) is 11.5 Å². The highest BCUT2D eigenvalue weighted by molar-refractivity contribution is 5.85. The number of hydrogen-bond donors (Lipinski definition) is 2. The van der Waals surface area contributed by atoms with Gasteiger partial charge in [-0.25, -0.2) is 4.39 Å². The SMILES string of the molecule is CN(CCc1cccc(F)c1)CC1CCCc2c1ccc(O)c2O.Cl. The monoisotopic (exact) mass is 365 g/mol. The average Bonchev–Trinajstić information content (AvgIpc) is 2.57. The third-order valence-electron chi connectivity index (χ3n) is 4.92. The first-order chi connectivity index (χ1) is 11.5. The second kappa shape index (κ2) is 8.54. The van der Waals surface area contributed by atoms with Gasteiger partial charge < -0.3 is 15.1 Å². The van der Waals surface area contributed by atoms with E-state index in [4.69, 9.17) is 0 Å². The number of benzene rings is 2. The van der Waals surface area contributed by atoms with Crippen LogP contribution in [0, 0.1) is 5.82 Å². The molecule has 0 aromatic heterocycles. The van der Waals surface area contributed by atoms with Crippen LogP contribution in [0.25, 0.3) is 0 Å². The second-order valence-corrected chi connectivity index (χ2v) is 6.73. The van der Waals surface area contributed by atoms with Crippen LogP contribution in [0.3, 0.4) is 0 Å². The molecule has 1 atom stereocenters. The number of likely N-dealkylation sites (N-methyl/N-ethyl adjacent to an activating group) is 1. The van der Waals surface area contributed by atoms with E-state index >= 15 is 0 Å². The molecular weight excluding hydrogens is 341 g/mol. The number of phenolic OH excluding ortho intramolecular Hbond substituents is 2. The molecule has 5 heteroatoms. The molecule has 1 unspecified atom stereocenters. The Balaban J connectivity index is 0.00000225. The van der Waals surface area contributed by atoms with Crippen LogP contribution in [0.1, 0.15) is 35.4 Å². The van der Waals surface area contributed by atoms with Gasteiger partial charge in [-0.05, 0) is 68.0 Å². The van der Waals surface area contributed by atoms with E-state index in [9.17, 15) is 14.6 Å². The zero-order valence-corrected chi connectivity index (χ0v) is 15.2. The molecule has 1 aliphatic rings. The van der Waals surface area contributed by atoms with Crippen molar-refractivity contribution in [2.24, 2.45) is 0 Å². The van der Waals surface area contributed by atoms with Crippen molar-refractivity contribution < 1.29 is 14.6 Å². The van der Waals surface area contributed by atoms with E-state index in [1.165, 1.54) is 6.07 Å². The van der Waals surface area contributed by atoms with E-state index in [1.54, 1.807) is 18.2 Å². The van der Waals surface area contributed by atoms with E-state index < -0.39 is 0 Å². The fourth-order valence-electron chi connectivity index (χ4n) is 3.64. The zero-order valence-electron chi connectivity index (χ0n) is 14.4. The minimum absolute atomic E-state index is 0. The van der Waals surface area contributed by atoms with Crippen LogP contribution in [0.4, 0.5) is 4.39 Å². The summed E-state index contributed by atoms with van der Waals surface area (Å²) in [4.78, 5) is 2.26. The molecule has 25 heavy (non-hydrogen) atoms. The molecule has 0 spiro atoms. The highest BCUT2D eigenvalue weighted by atomic mass is 35.5. The topological polar surface area (TPSA) is 43.7 Å². The van der Waals surface area contributed by atoms with Gasteiger partial charge in [0.05, 0.1) is 0 Å². The van der Waals surface area contributed by atoms with E-state index in [-0.39, 0.29) is 29.7 Å². The van der Waals surface area contributed by atoms with Crippen LogP contribution in [0.15, 0.2) is 36.4 Å². The molecule has 136 valence electrons. The summed E-state index contributed by atoms with van der Waals surface area (Å²) in [5.74, 6) is 0.179. The smallest absolute Gasteiger partial charge is 0.160 e. The maximum Gasteiger partial charge on any atom is 0.160 e. The Kier molecular flexibility index (Phi) is 6.68. The molecule has 3 rings (SSSR count). The first-order valence-corrected chi connectivity index (χ1v) is 8.51. The average molecular weight is 366 g/mol. The standard InChI is InChI=1S/C20H24FNO2.ClH/c1-22(11-10-14-4-2-6-16(21)12-14)13-15-5-3-7-18-17(15)8-9-19(23)20(18)24;/h2,4,6,8-9,12,15,23-24H,3,5,7,10-11,13H2,1H3;1H. The third-order valence-corrected chi connectivity index (χ3v) is 4.92. The van der Waals surface area contributed by atoms with Crippen molar-refractivity contribution in [2.75, 3.05) is 20.1 Å². The van der Waals surface area contributed by atoms with E-state index in [0.29, 0.717) is 5.92 Å². The fraction of sp³-hybridized carbons (Fsp3) is 0.400. The number of aromatic hydroxyl groups is 2. The van der Waals surface area contributed by atoms with Crippen molar-refractivity contribution in [1.29, 1.82) is 0 Å². The molecule has 0 fully saturated rings. The Morgan fingerprint density at radius 2 is 2.00 bits per heavy atom. The molecule has 0 aliphatic heterocycles. The molecule has 0 heterocycles. The quantitative estimate of drug-likeness (QED) is 0.778. The summed E-state index contributed by atoms with van der Waals surface area (Å²) in [6.45, 7) is 1.76. The Labute approximate surface area is 154 Å². The van der Waals surface area contributed by atoms with Crippen molar-refractivity contribution in [2.45, 2.75) is 31.6 Å². The molecular formula is C20H25ClFNO2. The van der Waals surface area contributed by atoms with Gasteiger partial charge in [0.15, 0.2) is 11.5 Å². The van der Waals surface area contributed by atoms with Gasteiger partial charge in [0, 0.05) is 18.7 Å². The summed E-state index contributed by atoms with van der Waals surface area (Å²) in [5, 5.41) is 19.8. The summed E-state index contributed by atoms with van der Waals surface area (Å²) >= 11 is 0. The lowest BCUT2D eigenvalue weighted by Gasteiger charge is -2.30. The van der Waals surface area contributed by atoms with E-state index in [1.807, 2.05) is 12.1 Å². The highest BCUT2D eigenvalue weighted by Crippen LogP contribution is 2.40. The molecule has 0 saturated heterocycles. The predicted molar refractivity (Wildman–Crippen MR) is 100 cm³/mol. The van der Waals surface area contributed by atoms with Gasteiger partial charge in [-0.3, -0.25) is 0 Å². The molecule has 2 aromatic carbocycles. The van der Waals surface area contributed by atoms with Crippen LogP contribution < -0.4 is 0 Å². The number of rotatable bonds is 5. The third kappa shape index (κ3) is 4.65. The predicted octanol–water partition coefficient (Wildman–Crippen LogP) is 4.25. The van der Waals surface area contributed by atoms with E-state index in [2.05, 4.69) is 11.9 Å². The number of fused-ring (bicyclic) bond motifs is 1. The highest BCUT2D eigenvalue weighted by Gasteiger charge is 2.24. The Hall–Kier alpha value is -1.78. The molecule has 3 nitrogen and oxygen atoms in total. The number of phenols is 2. The molecule has 2 N–H and O–H groups in total. The molecule has 0 amide bonds. The van der Waals surface area contributed by atoms with Crippen LogP contribution >= 0.6 is 12.4 Å². The normalized spacial score (nSPS) is 16.4. The first-order valence-electron chi connectivity index (χ1n) is 8.51. The van der Waals surface area contributed by atoms with Gasteiger partial charge in [-0.2, -0.15) is 0 Å². The van der Waals surface area contributed by atoms with Crippen molar-refractivity contribution >= 4 is 12.4 Å². The number of halogens is 2. The van der Waals surface area contributed by atoms with Crippen LogP contribution in [-0.2, 0) is 12.8 Å². The summed E-state index contributed by atoms with van der Waals surface area (Å²) in [5.41, 5.74) is 3.05. The summed E-state index contributed by atoms with van der Waals surface area (Å²) < 4.78 is 13.2. The van der Waals surface area contributed by atoms with Crippen molar-refractivity contribution in [3.63, 3.8) is 0 Å². The largest absolute Gasteiger partial charge is 0.504 e. The number of nitrogens with zero attached hydrogens (tertiary/aromatic N) is 1. The first kappa shape index (κ1) is 19.5. The number of hydrogen-bond acceptors (Lipinski definition) is 3. The Morgan fingerprint density at radius 3 is 2.76 bits per heavy atom. The van der Waals surface area contributed by atoms with Crippen molar-refractivity contribution in [3.8, 4) is 11.5 Å². The van der Waals surface area contributed by atoms with Crippen LogP contribution in [0.2, 0.25) is 0 Å². The fourth-order valence-corrected chi connectivity index (χ4v) is 3.64. The molecule has 0 radical (unpaired) electrons. The van der Waals surface area contributed by atoms with Gasteiger partial charge in [0.2, 0.25) is 0 Å². The Bertz CT molecular complexity index is 723. The minimum atomic E-state index is -0.188. The van der Waals surface area contributed by atoms with E-state index in [0.717, 1.165) is 55.5 Å². The van der Waals surface area contributed by atoms with Crippen molar-refractivity contribution in [3.05, 3.63) is 58.9 Å². The van der Waals surface area contributed by atoms with Gasteiger partial charge >= 0.3 is 0 Å². The lowest BCUT2D eigenvalue weighted by molar-refractivity contribution is 0.299. The van der Waals surface area contributed by atoms with Crippen molar-refractivity contribution in [1.82, 2.24) is 4.90 Å². The lowest BCUT2D eigenvalue weighted by Crippen LogP contribution is -2.28. The Morgan fingerprint density at radius 1 is 1.20 bits per heavy atom. The van der Waals surface area contributed by atoms with Crippen LogP contribution in [-0.4, -0.2) is 35.3 Å². The molecule has 2 aromatic rings. The summed E-state index contributed by atoms with van der Waals surface area (Å²) in [6.07, 6.45) is 3.74. The van der Waals surface area contributed by atoms with Gasteiger partial charge in [0.25, 0.3) is 0 Å². The van der Waals surface area contributed by atoms with Gasteiger partial charge in [0.1, 0.15) is 5.82 Å².